The van der Waals surface area contributed by atoms with Crippen molar-refractivity contribution in [3.8, 4) is 0 Å². The molecule has 0 saturated heterocycles. The van der Waals surface area contributed by atoms with Crippen LogP contribution in [0.15, 0.2) is 24.3 Å². The highest BCUT2D eigenvalue weighted by Crippen LogP contribution is 2.31. The average molecular weight is 218 g/mol. The van der Waals surface area contributed by atoms with Crippen LogP contribution in [0.5, 0.6) is 0 Å². The zero-order chi connectivity index (χ0) is 11.5. The molecule has 0 heterocycles. The summed E-state index contributed by atoms with van der Waals surface area (Å²) in [6.07, 6.45) is -3.99. The fourth-order valence-corrected chi connectivity index (χ4v) is 1.31. The molecule has 0 amide bonds. The summed E-state index contributed by atoms with van der Waals surface area (Å²) in [6, 6.07) is 5.55. The number of likely N-dealkylation sites (N-methyl/N-ethyl adjacent to an activating group) is 1. The minimum atomic E-state index is -4.29. The van der Waals surface area contributed by atoms with Crippen LogP contribution in [0, 0.1) is 0 Å². The first-order chi connectivity index (χ1) is 6.91. The molecule has 1 rings (SSSR count). The molecular weight excluding hydrogens is 205 g/mol. The summed E-state index contributed by atoms with van der Waals surface area (Å²) in [4.78, 5) is 0. The lowest BCUT2D eigenvalue weighted by atomic mass is 10.0. The van der Waals surface area contributed by atoms with E-state index in [2.05, 4.69) is 0 Å². The fourth-order valence-electron chi connectivity index (χ4n) is 1.31. The monoisotopic (exact) mass is 218 g/mol. The van der Waals surface area contributed by atoms with Crippen molar-refractivity contribution in [2.24, 2.45) is 5.84 Å². The van der Waals surface area contributed by atoms with Crippen molar-refractivity contribution in [3.05, 3.63) is 35.4 Å². The van der Waals surface area contributed by atoms with Gasteiger partial charge >= 0.3 is 6.18 Å². The summed E-state index contributed by atoms with van der Waals surface area (Å²) < 4.78 is 37.6. The number of hydrogen-bond acceptors (Lipinski definition) is 2. The number of hydrogen-bond donors (Lipinski definition) is 1. The molecule has 0 aromatic heterocycles. The highest BCUT2D eigenvalue weighted by molar-refractivity contribution is 5.29. The predicted molar refractivity (Wildman–Crippen MR) is 52.0 cm³/mol. The van der Waals surface area contributed by atoms with Crippen LogP contribution in [0.1, 0.15) is 11.1 Å². The number of rotatable bonds is 3. The number of alkyl halides is 3. The smallest absolute Gasteiger partial charge is 0.269 e. The minimum absolute atomic E-state index is 0.280. The van der Waals surface area contributed by atoms with E-state index in [1.165, 1.54) is 17.1 Å². The summed E-state index contributed by atoms with van der Waals surface area (Å²) in [7, 11) is 1.62. The van der Waals surface area contributed by atoms with E-state index in [1.807, 2.05) is 0 Å². The number of hydrazine groups is 1. The Hall–Kier alpha value is -1.07. The maximum absolute atomic E-state index is 12.5. The number of nitrogens with zero attached hydrogens (tertiary/aromatic N) is 1. The van der Waals surface area contributed by atoms with Gasteiger partial charge in [0.1, 0.15) is 0 Å². The van der Waals surface area contributed by atoms with E-state index in [1.54, 1.807) is 13.1 Å². The number of halogens is 3. The van der Waals surface area contributed by atoms with Crippen molar-refractivity contribution in [2.45, 2.75) is 12.6 Å². The summed E-state index contributed by atoms with van der Waals surface area (Å²) >= 11 is 0. The van der Waals surface area contributed by atoms with E-state index >= 15 is 0 Å². The molecule has 0 saturated carbocycles. The van der Waals surface area contributed by atoms with E-state index < -0.39 is 11.7 Å². The largest absolute Gasteiger partial charge is 0.416 e. The Kier molecular flexibility index (Phi) is 3.71. The standard InChI is InChI=1S/C10H13F3N2/c1-15(14)7-6-8-4-2-3-5-9(8)10(11,12)13/h2-5H,6-7,14H2,1H3. The molecule has 2 nitrogen and oxygen atoms in total. The first-order valence-electron chi connectivity index (χ1n) is 4.52. The highest BCUT2D eigenvalue weighted by Gasteiger charge is 2.32. The lowest BCUT2D eigenvalue weighted by Crippen LogP contribution is -2.28. The van der Waals surface area contributed by atoms with Gasteiger partial charge in [0.25, 0.3) is 0 Å². The van der Waals surface area contributed by atoms with Gasteiger partial charge in [-0.05, 0) is 18.1 Å². The topological polar surface area (TPSA) is 29.3 Å². The van der Waals surface area contributed by atoms with Crippen LogP contribution in [0.3, 0.4) is 0 Å². The Bertz CT molecular complexity index is 321. The summed E-state index contributed by atoms with van der Waals surface area (Å²) in [5.74, 6) is 5.35. The second kappa shape index (κ2) is 4.63. The van der Waals surface area contributed by atoms with Gasteiger partial charge in [0.05, 0.1) is 5.56 Å². The van der Waals surface area contributed by atoms with E-state index in [0.717, 1.165) is 6.07 Å². The second-order valence-corrected chi connectivity index (χ2v) is 3.39. The maximum Gasteiger partial charge on any atom is 0.416 e. The molecule has 0 unspecified atom stereocenters. The van der Waals surface area contributed by atoms with Crippen molar-refractivity contribution in [1.29, 1.82) is 0 Å². The van der Waals surface area contributed by atoms with Crippen molar-refractivity contribution >= 4 is 0 Å². The van der Waals surface area contributed by atoms with Crippen LogP contribution >= 0.6 is 0 Å². The lowest BCUT2D eigenvalue weighted by Gasteiger charge is -2.14. The van der Waals surface area contributed by atoms with E-state index in [0.29, 0.717) is 13.0 Å². The van der Waals surface area contributed by atoms with Crippen LogP contribution in [-0.2, 0) is 12.6 Å². The maximum atomic E-state index is 12.5. The molecule has 84 valence electrons. The van der Waals surface area contributed by atoms with Gasteiger partial charge in [-0.3, -0.25) is 5.84 Å². The molecule has 15 heavy (non-hydrogen) atoms. The molecule has 1 aromatic rings. The number of nitrogens with two attached hydrogens (primary N) is 1. The van der Waals surface area contributed by atoms with E-state index in [-0.39, 0.29) is 5.56 Å². The summed E-state index contributed by atoms with van der Waals surface area (Å²) in [5, 5.41) is 1.37. The average Bonchev–Trinajstić information content (AvgIpc) is 2.13. The second-order valence-electron chi connectivity index (χ2n) is 3.39. The first kappa shape index (κ1) is 12.0. The van der Waals surface area contributed by atoms with E-state index in [4.69, 9.17) is 5.84 Å². The van der Waals surface area contributed by atoms with Gasteiger partial charge in [-0.15, -0.1) is 0 Å². The molecule has 0 aliphatic rings. The molecule has 0 bridgehead atoms. The Morgan fingerprint density at radius 2 is 1.87 bits per heavy atom. The lowest BCUT2D eigenvalue weighted by molar-refractivity contribution is -0.138. The molecular formula is C10H13F3N2. The Balaban J connectivity index is 2.87. The van der Waals surface area contributed by atoms with Crippen LogP contribution < -0.4 is 5.84 Å². The summed E-state index contributed by atoms with van der Waals surface area (Å²) in [5.41, 5.74) is -0.297. The Morgan fingerprint density at radius 1 is 1.27 bits per heavy atom. The molecule has 0 aliphatic heterocycles. The predicted octanol–water partition coefficient (Wildman–Crippen LogP) is 2.05. The third-order valence-electron chi connectivity index (χ3n) is 2.06. The van der Waals surface area contributed by atoms with Gasteiger partial charge in [-0.2, -0.15) is 13.2 Å². The van der Waals surface area contributed by atoms with Gasteiger partial charge in [0.2, 0.25) is 0 Å². The van der Waals surface area contributed by atoms with Gasteiger partial charge in [0, 0.05) is 13.6 Å². The van der Waals surface area contributed by atoms with Crippen LogP contribution in [0.2, 0.25) is 0 Å². The molecule has 1 aromatic carbocycles. The molecule has 0 fully saturated rings. The molecule has 0 aliphatic carbocycles. The third-order valence-corrected chi connectivity index (χ3v) is 2.06. The molecule has 2 N–H and O–H groups in total. The van der Waals surface area contributed by atoms with Crippen LogP contribution in [-0.4, -0.2) is 18.6 Å². The molecule has 0 radical (unpaired) electrons. The van der Waals surface area contributed by atoms with Crippen LogP contribution in [0.25, 0.3) is 0 Å². The van der Waals surface area contributed by atoms with E-state index in [9.17, 15) is 13.2 Å². The molecule has 0 spiro atoms. The fraction of sp³-hybridized carbons (Fsp3) is 0.400. The molecule has 5 heteroatoms. The first-order valence-corrected chi connectivity index (χ1v) is 4.52. The van der Waals surface area contributed by atoms with Crippen molar-refractivity contribution in [1.82, 2.24) is 5.01 Å². The Morgan fingerprint density at radius 3 is 2.40 bits per heavy atom. The van der Waals surface area contributed by atoms with Crippen molar-refractivity contribution in [3.63, 3.8) is 0 Å². The zero-order valence-electron chi connectivity index (χ0n) is 8.38. The Labute approximate surface area is 86.5 Å². The SMILES string of the molecule is CN(N)CCc1ccccc1C(F)(F)F. The van der Waals surface area contributed by atoms with Gasteiger partial charge < -0.3 is 0 Å². The van der Waals surface area contributed by atoms with Gasteiger partial charge in [-0.25, -0.2) is 5.01 Å². The minimum Gasteiger partial charge on any atom is -0.269 e. The summed E-state index contributed by atoms with van der Waals surface area (Å²) in [6.45, 7) is 0.396. The van der Waals surface area contributed by atoms with Crippen molar-refractivity contribution in [2.75, 3.05) is 13.6 Å². The van der Waals surface area contributed by atoms with Gasteiger partial charge in [0.15, 0.2) is 0 Å². The highest BCUT2D eigenvalue weighted by atomic mass is 19.4. The number of benzene rings is 1. The quantitative estimate of drug-likeness (QED) is 0.621. The normalized spacial score (nSPS) is 12.1. The van der Waals surface area contributed by atoms with Crippen LogP contribution in [0.4, 0.5) is 13.2 Å². The zero-order valence-corrected chi connectivity index (χ0v) is 8.38. The third kappa shape index (κ3) is 3.53. The van der Waals surface area contributed by atoms with Crippen molar-refractivity contribution < 1.29 is 13.2 Å². The molecule has 0 atom stereocenters. The van der Waals surface area contributed by atoms with Gasteiger partial charge in [-0.1, -0.05) is 18.2 Å².